The summed E-state index contributed by atoms with van der Waals surface area (Å²) in [6, 6.07) is 21.4. The molecule has 1 heterocycles. The monoisotopic (exact) mass is 560 g/mol. The van der Waals surface area contributed by atoms with Crippen molar-refractivity contribution in [1.29, 1.82) is 0 Å². The molecule has 1 saturated heterocycles. The van der Waals surface area contributed by atoms with E-state index in [9.17, 15) is 23.4 Å². The van der Waals surface area contributed by atoms with Gasteiger partial charge in [0.15, 0.2) is 9.84 Å². The minimum absolute atomic E-state index is 0.00908. The zero-order valence-electron chi connectivity index (χ0n) is 22.6. The first kappa shape index (κ1) is 27.0. The van der Waals surface area contributed by atoms with Crippen LogP contribution in [0.2, 0.25) is 0 Å². The summed E-state index contributed by atoms with van der Waals surface area (Å²) < 4.78 is 29.5. The van der Waals surface area contributed by atoms with Gasteiger partial charge in [0.1, 0.15) is 18.0 Å². The summed E-state index contributed by atoms with van der Waals surface area (Å²) in [5.74, 6) is -0.0208. The van der Waals surface area contributed by atoms with Crippen LogP contribution in [0.3, 0.4) is 0 Å². The molecular weight excluding hydrogens is 524 g/mol. The third-order valence-electron chi connectivity index (χ3n) is 8.92. The van der Waals surface area contributed by atoms with Crippen molar-refractivity contribution >= 4 is 15.8 Å². The molecule has 1 aliphatic heterocycles. The van der Waals surface area contributed by atoms with Gasteiger partial charge in [-0.3, -0.25) is 4.79 Å². The smallest absolute Gasteiger partial charge is 0.307 e. The first-order valence-corrected chi connectivity index (χ1v) is 16.1. The summed E-state index contributed by atoms with van der Waals surface area (Å²) in [5.41, 5.74) is 7.67. The van der Waals surface area contributed by atoms with Crippen LogP contribution in [0.15, 0.2) is 60.7 Å². The number of sulfone groups is 1. The van der Waals surface area contributed by atoms with Gasteiger partial charge in [-0.15, -0.1) is 0 Å². The van der Waals surface area contributed by atoms with E-state index < -0.39 is 21.4 Å². The highest BCUT2D eigenvalue weighted by Gasteiger charge is 2.44. The number of aryl methyl sites for hydroxylation is 4. The SMILES string of the molecule is O=C(O)[C@H]1C[C@@H]1c1ccc(CCc2ccc3c(c2)-c2ccc(OCC4(O)CCS(=O)(=O)CC4)cc2CCC3)cc1. The molecule has 0 radical (unpaired) electrons. The van der Waals surface area contributed by atoms with E-state index in [1.807, 2.05) is 6.07 Å². The van der Waals surface area contributed by atoms with Crippen molar-refractivity contribution in [2.75, 3.05) is 18.1 Å². The highest BCUT2D eigenvalue weighted by Crippen LogP contribution is 2.47. The number of rotatable bonds is 8. The largest absolute Gasteiger partial charge is 0.491 e. The summed E-state index contributed by atoms with van der Waals surface area (Å²) in [5, 5.41) is 20.0. The number of aliphatic hydroxyl groups is 1. The normalized spacial score (nSPS) is 22.4. The fraction of sp³-hybridized carbons (Fsp3) is 0.424. The molecule has 6 rings (SSSR count). The maximum Gasteiger partial charge on any atom is 0.307 e. The van der Waals surface area contributed by atoms with E-state index in [0.29, 0.717) is 5.75 Å². The van der Waals surface area contributed by atoms with Crippen molar-refractivity contribution in [1.82, 2.24) is 0 Å². The third kappa shape index (κ3) is 5.96. The van der Waals surface area contributed by atoms with Crippen molar-refractivity contribution in [3.63, 3.8) is 0 Å². The van der Waals surface area contributed by atoms with Crippen LogP contribution in [0.1, 0.15) is 59.4 Å². The van der Waals surface area contributed by atoms with Crippen molar-refractivity contribution in [2.24, 2.45) is 5.92 Å². The van der Waals surface area contributed by atoms with Gasteiger partial charge in [-0.1, -0.05) is 48.5 Å². The maximum atomic E-state index is 11.7. The Bertz CT molecular complexity index is 1510. The van der Waals surface area contributed by atoms with Gasteiger partial charge < -0.3 is 14.9 Å². The van der Waals surface area contributed by atoms with Gasteiger partial charge in [-0.25, -0.2) is 8.42 Å². The quantitative estimate of drug-likeness (QED) is 0.396. The highest BCUT2D eigenvalue weighted by atomic mass is 32.2. The van der Waals surface area contributed by atoms with Crippen molar-refractivity contribution in [2.45, 2.75) is 62.9 Å². The van der Waals surface area contributed by atoms with E-state index in [1.165, 1.54) is 33.4 Å². The second-order valence-corrected chi connectivity index (χ2v) is 14.2. The topological polar surface area (TPSA) is 101 Å². The van der Waals surface area contributed by atoms with Crippen LogP contribution in [0.4, 0.5) is 0 Å². The lowest BCUT2D eigenvalue weighted by Gasteiger charge is -2.31. The number of hydrogen-bond donors (Lipinski definition) is 2. The molecule has 2 N–H and O–H groups in total. The molecule has 40 heavy (non-hydrogen) atoms. The molecule has 0 aromatic heterocycles. The van der Waals surface area contributed by atoms with Crippen molar-refractivity contribution in [3.8, 4) is 16.9 Å². The van der Waals surface area contributed by atoms with Crippen LogP contribution >= 0.6 is 0 Å². The average Bonchev–Trinajstić information content (AvgIpc) is 3.77. The number of fused-ring (bicyclic) bond motifs is 3. The fourth-order valence-electron chi connectivity index (χ4n) is 6.18. The van der Waals surface area contributed by atoms with Gasteiger partial charge in [0.05, 0.1) is 17.4 Å². The molecule has 2 atom stereocenters. The van der Waals surface area contributed by atoms with Crippen LogP contribution < -0.4 is 4.74 Å². The molecule has 210 valence electrons. The molecule has 7 heteroatoms. The minimum atomic E-state index is -3.05. The van der Waals surface area contributed by atoms with Gasteiger partial charge in [-0.2, -0.15) is 0 Å². The second kappa shape index (κ2) is 10.7. The van der Waals surface area contributed by atoms with E-state index in [4.69, 9.17) is 4.74 Å². The number of carboxylic acids is 1. The van der Waals surface area contributed by atoms with Gasteiger partial charge >= 0.3 is 5.97 Å². The summed E-state index contributed by atoms with van der Waals surface area (Å²) in [7, 11) is -3.05. The van der Waals surface area contributed by atoms with Gasteiger partial charge in [0.2, 0.25) is 0 Å². The number of hydrogen-bond acceptors (Lipinski definition) is 5. The number of carboxylic acid groups (broad SMARTS) is 1. The second-order valence-electron chi connectivity index (χ2n) is 11.9. The lowest BCUT2D eigenvalue weighted by molar-refractivity contribution is -0.138. The van der Waals surface area contributed by atoms with Gasteiger partial charge in [-0.05, 0) is 108 Å². The zero-order valence-corrected chi connectivity index (χ0v) is 23.5. The average molecular weight is 561 g/mol. The van der Waals surface area contributed by atoms with Crippen LogP contribution in [0.5, 0.6) is 5.75 Å². The summed E-state index contributed by atoms with van der Waals surface area (Å²) >= 11 is 0. The highest BCUT2D eigenvalue weighted by molar-refractivity contribution is 7.91. The molecule has 6 nitrogen and oxygen atoms in total. The van der Waals surface area contributed by atoms with E-state index in [1.54, 1.807) is 0 Å². The van der Waals surface area contributed by atoms with Crippen molar-refractivity contribution in [3.05, 3.63) is 88.5 Å². The molecule has 3 aliphatic rings. The minimum Gasteiger partial charge on any atom is -0.491 e. The van der Waals surface area contributed by atoms with Gasteiger partial charge in [0.25, 0.3) is 0 Å². The van der Waals surface area contributed by atoms with Gasteiger partial charge in [0, 0.05) is 0 Å². The Kier molecular flexibility index (Phi) is 7.21. The van der Waals surface area contributed by atoms with Crippen LogP contribution in [0.25, 0.3) is 11.1 Å². The first-order valence-electron chi connectivity index (χ1n) is 14.3. The van der Waals surface area contributed by atoms with E-state index in [0.717, 1.165) is 44.1 Å². The Morgan fingerprint density at radius 2 is 1.57 bits per heavy atom. The van der Waals surface area contributed by atoms with E-state index >= 15 is 0 Å². The standard InChI is InChI=1S/C33H36O6S/c34-32(35)31-20-30(31)25-9-6-22(7-10-25)4-5-23-8-11-24-2-1-3-26-19-27(12-13-28(26)29(24)18-23)39-21-33(36)14-16-40(37,38)17-15-33/h6-13,18-19,30-31,36H,1-5,14-17,20-21H2,(H,34,35)/t30-,31+/m1/s1. The molecule has 0 bridgehead atoms. The zero-order chi connectivity index (χ0) is 27.9. The maximum absolute atomic E-state index is 11.7. The molecular formula is C33H36O6S. The lowest BCUT2D eigenvalue weighted by atomic mass is 9.93. The Hall–Kier alpha value is -3.16. The lowest BCUT2D eigenvalue weighted by Crippen LogP contribution is -2.43. The molecule has 2 aliphatic carbocycles. The van der Waals surface area contributed by atoms with E-state index in [-0.39, 0.29) is 42.8 Å². The third-order valence-corrected chi connectivity index (χ3v) is 10.6. The number of aliphatic carboxylic acids is 1. The van der Waals surface area contributed by atoms with E-state index in [2.05, 4.69) is 54.6 Å². The molecule has 0 amide bonds. The predicted molar refractivity (Wildman–Crippen MR) is 155 cm³/mol. The Balaban J connectivity index is 1.12. The van der Waals surface area contributed by atoms with Crippen LogP contribution in [-0.4, -0.2) is 48.3 Å². The molecule has 3 aromatic carbocycles. The molecule has 0 spiro atoms. The molecule has 1 saturated carbocycles. The summed E-state index contributed by atoms with van der Waals surface area (Å²) in [4.78, 5) is 11.2. The Morgan fingerprint density at radius 1 is 0.875 bits per heavy atom. The summed E-state index contributed by atoms with van der Waals surface area (Å²) in [6.07, 6.45) is 6.06. The first-order chi connectivity index (χ1) is 19.2. The predicted octanol–water partition coefficient (Wildman–Crippen LogP) is 5.13. The Morgan fingerprint density at radius 3 is 2.30 bits per heavy atom. The molecule has 2 fully saturated rings. The number of benzene rings is 3. The fourth-order valence-corrected chi connectivity index (χ4v) is 7.77. The van der Waals surface area contributed by atoms with Crippen molar-refractivity contribution < 1.29 is 28.2 Å². The molecule has 3 aromatic rings. The summed E-state index contributed by atoms with van der Waals surface area (Å²) in [6.45, 7) is 0.101. The number of ether oxygens (including phenoxy) is 1. The van der Waals surface area contributed by atoms with Crippen LogP contribution in [0, 0.1) is 5.92 Å². The molecule has 0 unspecified atom stereocenters. The van der Waals surface area contributed by atoms with Crippen LogP contribution in [-0.2, 0) is 40.3 Å². The number of carbonyl (C=O) groups is 1. The Labute approximate surface area is 235 Å².